The first-order valence-corrected chi connectivity index (χ1v) is 9.78. The van der Waals surface area contributed by atoms with Crippen LogP contribution in [0.5, 0.6) is 0 Å². The Kier molecular flexibility index (Phi) is 5.72. The monoisotopic (exact) mass is 417 g/mol. The molecule has 1 saturated heterocycles. The smallest absolute Gasteiger partial charge is 0.416 e. The van der Waals surface area contributed by atoms with E-state index in [1.165, 1.54) is 12.1 Å². The molecule has 0 amide bonds. The van der Waals surface area contributed by atoms with Crippen LogP contribution in [0.3, 0.4) is 0 Å². The molecule has 0 aliphatic carbocycles. The Balaban J connectivity index is 1.42. The number of alkyl halides is 3. The van der Waals surface area contributed by atoms with E-state index in [9.17, 15) is 13.2 Å². The van der Waals surface area contributed by atoms with Crippen LogP contribution in [0.25, 0.3) is 11.5 Å². The fourth-order valence-electron chi connectivity index (χ4n) is 3.50. The number of hydrogen-bond acceptors (Lipinski definition) is 6. The number of oxazole rings is 1. The first-order chi connectivity index (χ1) is 14.4. The molecule has 3 heterocycles. The number of benzene rings is 1. The van der Waals surface area contributed by atoms with Gasteiger partial charge in [0.1, 0.15) is 5.76 Å². The number of aryl methyl sites for hydroxylation is 1. The molecule has 30 heavy (non-hydrogen) atoms. The van der Waals surface area contributed by atoms with Crippen molar-refractivity contribution in [2.24, 2.45) is 0 Å². The zero-order valence-electron chi connectivity index (χ0n) is 16.6. The SMILES string of the molecule is Cc1oc(-c2ccc(C(F)(F)F)cc2)nc1CN1CCCN(c2ncccn2)CC1. The molecule has 1 fully saturated rings. The van der Waals surface area contributed by atoms with Crippen LogP contribution >= 0.6 is 0 Å². The Morgan fingerprint density at radius 2 is 1.73 bits per heavy atom. The molecule has 1 aliphatic rings. The standard InChI is InChI=1S/C21H22F3N5O/c1-15-18(27-19(30-15)16-4-6-17(7-5-16)21(22,23)24)14-28-10-3-11-29(13-12-28)20-25-8-2-9-26-20/h2,4-9H,3,10-14H2,1H3. The van der Waals surface area contributed by atoms with Gasteiger partial charge in [0.2, 0.25) is 11.8 Å². The first kappa shape index (κ1) is 20.3. The van der Waals surface area contributed by atoms with E-state index < -0.39 is 11.7 Å². The molecule has 1 aliphatic heterocycles. The third-order valence-electron chi connectivity index (χ3n) is 5.15. The largest absolute Gasteiger partial charge is 0.441 e. The van der Waals surface area contributed by atoms with Crippen molar-refractivity contribution in [2.45, 2.75) is 26.1 Å². The molecule has 4 rings (SSSR count). The van der Waals surface area contributed by atoms with Gasteiger partial charge in [-0.25, -0.2) is 15.0 Å². The van der Waals surface area contributed by atoms with Crippen molar-refractivity contribution < 1.29 is 17.6 Å². The molecule has 0 atom stereocenters. The fraction of sp³-hybridized carbons (Fsp3) is 0.381. The predicted molar refractivity (Wildman–Crippen MR) is 106 cm³/mol. The van der Waals surface area contributed by atoms with Crippen molar-refractivity contribution in [1.29, 1.82) is 0 Å². The summed E-state index contributed by atoms with van der Waals surface area (Å²) < 4.78 is 44.0. The quantitative estimate of drug-likeness (QED) is 0.635. The maximum Gasteiger partial charge on any atom is 0.416 e. The molecule has 1 aromatic carbocycles. The molecule has 0 N–H and O–H groups in total. The van der Waals surface area contributed by atoms with E-state index in [1.54, 1.807) is 18.5 Å². The third kappa shape index (κ3) is 4.62. The molecule has 3 aromatic rings. The highest BCUT2D eigenvalue weighted by Gasteiger charge is 2.30. The lowest BCUT2D eigenvalue weighted by Gasteiger charge is -2.21. The number of anilines is 1. The van der Waals surface area contributed by atoms with Crippen molar-refractivity contribution in [3.8, 4) is 11.5 Å². The van der Waals surface area contributed by atoms with Crippen LogP contribution in [0.1, 0.15) is 23.4 Å². The Morgan fingerprint density at radius 3 is 2.43 bits per heavy atom. The summed E-state index contributed by atoms with van der Waals surface area (Å²) >= 11 is 0. The first-order valence-electron chi connectivity index (χ1n) is 9.78. The van der Waals surface area contributed by atoms with Crippen LogP contribution in [-0.2, 0) is 12.7 Å². The van der Waals surface area contributed by atoms with E-state index >= 15 is 0 Å². The zero-order valence-corrected chi connectivity index (χ0v) is 16.6. The maximum atomic E-state index is 12.8. The number of hydrogen-bond donors (Lipinski definition) is 0. The minimum atomic E-state index is -4.36. The third-order valence-corrected chi connectivity index (χ3v) is 5.15. The van der Waals surface area contributed by atoms with Gasteiger partial charge in [-0.05, 0) is 43.7 Å². The molecule has 6 nitrogen and oxygen atoms in total. The van der Waals surface area contributed by atoms with Crippen LogP contribution in [0.4, 0.5) is 19.1 Å². The van der Waals surface area contributed by atoms with Gasteiger partial charge in [-0.15, -0.1) is 0 Å². The second-order valence-electron chi connectivity index (χ2n) is 7.26. The molecule has 0 spiro atoms. The van der Waals surface area contributed by atoms with Gasteiger partial charge >= 0.3 is 6.18 Å². The summed E-state index contributed by atoms with van der Waals surface area (Å²) in [6, 6.07) is 6.67. The number of halogens is 3. The van der Waals surface area contributed by atoms with Gasteiger partial charge in [-0.2, -0.15) is 13.2 Å². The maximum absolute atomic E-state index is 12.8. The summed E-state index contributed by atoms with van der Waals surface area (Å²) in [5.41, 5.74) is 0.640. The van der Waals surface area contributed by atoms with E-state index in [0.717, 1.165) is 56.4 Å². The van der Waals surface area contributed by atoms with Crippen LogP contribution in [-0.4, -0.2) is 46.0 Å². The number of rotatable bonds is 4. The van der Waals surface area contributed by atoms with Crippen molar-refractivity contribution >= 4 is 5.95 Å². The molecular weight excluding hydrogens is 395 g/mol. The molecule has 0 unspecified atom stereocenters. The second kappa shape index (κ2) is 8.43. The Labute approximate surface area is 172 Å². The van der Waals surface area contributed by atoms with Crippen molar-refractivity contribution in [1.82, 2.24) is 19.9 Å². The summed E-state index contributed by atoms with van der Waals surface area (Å²) in [5, 5.41) is 0. The summed E-state index contributed by atoms with van der Waals surface area (Å²) in [4.78, 5) is 17.7. The molecule has 0 radical (unpaired) electrons. The van der Waals surface area contributed by atoms with Gasteiger partial charge in [0.25, 0.3) is 0 Å². The van der Waals surface area contributed by atoms with Crippen LogP contribution in [0, 0.1) is 6.92 Å². The topological polar surface area (TPSA) is 58.3 Å². The lowest BCUT2D eigenvalue weighted by molar-refractivity contribution is -0.137. The molecule has 0 bridgehead atoms. The molecular formula is C21H22F3N5O. The molecule has 0 saturated carbocycles. The summed E-state index contributed by atoms with van der Waals surface area (Å²) in [6.07, 6.45) is 0.0988. The van der Waals surface area contributed by atoms with Gasteiger partial charge in [0, 0.05) is 50.7 Å². The van der Waals surface area contributed by atoms with Crippen LogP contribution in [0.2, 0.25) is 0 Å². The van der Waals surface area contributed by atoms with Crippen LogP contribution in [0.15, 0.2) is 47.1 Å². The molecule has 9 heteroatoms. The zero-order chi connectivity index (χ0) is 21.1. The fourth-order valence-corrected chi connectivity index (χ4v) is 3.50. The highest BCUT2D eigenvalue weighted by molar-refractivity contribution is 5.54. The van der Waals surface area contributed by atoms with Gasteiger partial charge < -0.3 is 9.32 Å². The Hall–Kier alpha value is -2.94. The molecule has 158 valence electrons. The van der Waals surface area contributed by atoms with Gasteiger partial charge in [-0.3, -0.25) is 4.90 Å². The van der Waals surface area contributed by atoms with E-state index in [-0.39, 0.29) is 0 Å². The second-order valence-corrected chi connectivity index (χ2v) is 7.26. The van der Waals surface area contributed by atoms with E-state index in [4.69, 9.17) is 4.42 Å². The minimum absolute atomic E-state index is 0.338. The van der Waals surface area contributed by atoms with Gasteiger partial charge in [-0.1, -0.05) is 0 Å². The van der Waals surface area contributed by atoms with E-state index in [1.807, 2.05) is 6.92 Å². The normalized spacial score (nSPS) is 15.9. The van der Waals surface area contributed by atoms with Crippen molar-refractivity contribution in [3.05, 3.63) is 59.7 Å². The van der Waals surface area contributed by atoms with Crippen LogP contribution < -0.4 is 4.90 Å². The van der Waals surface area contributed by atoms with Crippen molar-refractivity contribution in [3.63, 3.8) is 0 Å². The van der Waals surface area contributed by atoms with Gasteiger partial charge in [0.05, 0.1) is 11.3 Å². The highest BCUT2D eigenvalue weighted by Crippen LogP contribution is 2.31. The average molecular weight is 417 g/mol. The average Bonchev–Trinajstić information content (AvgIpc) is 2.95. The molecule has 2 aromatic heterocycles. The predicted octanol–water partition coefficient (Wildman–Crippen LogP) is 4.17. The Bertz CT molecular complexity index is 973. The summed E-state index contributed by atoms with van der Waals surface area (Å²) in [5.74, 6) is 1.75. The Morgan fingerprint density at radius 1 is 1.00 bits per heavy atom. The minimum Gasteiger partial charge on any atom is -0.441 e. The van der Waals surface area contributed by atoms with Gasteiger partial charge in [0.15, 0.2) is 0 Å². The summed E-state index contributed by atoms with van der Waals surface area (Å²) in [7, 11) is 0. The lowest BCUT2D eigenvalue weighted by Crippen LogP contribution is -2.31. The summed E-state index contributed by atoms with van der Waals surface area (Å²) in [6.45, 7) is 5.89. The highest BCUT2D eigenvalue weighted by atomic mass is 19.4. The van der Waals surface area contributed by atoms with Crippen molar-refractivity contribution in [2.75, 3.05) is 31.1 Å². The van der Waals surface area contributed by atoms with E-state index in [0.29, 0.717) is 23.8 Å². The number of aromatic nitrogens is 3. The van der Waals surface area contributed by atoms with E-state index in [2.05, 4.69) is 24.8 Å². The number of nitrogens with zero attached hydrogens (tertiary/aromatic N) is 5. The lowest BCUT2D eigenvalue weighted by atomic mass is 10.1.